The molecule has 0 radical (unpaired) electrons. The first-order valence-electron chi connectivity index (χ1n) is 10.8. The molecule has 7 nitrogen and oxygen atoms in total. The number of nitrogens with zero attached hydrogens (tertiary/aromatic N) is 2. The highest BCUT2D eigenvalue weighted by Gasteiger charge is 2.53. The molecule has 1 spiro atoms. The van der Waals surface area contributed by atoms with Gasteiger partial charge in [0.25, 0.3) is 0 Å². The first kappa shape index (κ1) is 18.8. The second-order valence-electron chi connectivity index (χ2n) is 8.62. The number of carbonyl (C=O) groups is 1. The summed E-state index contributed by atoms with van der Waals surface area (Å²) < 4.78 is 11.8. The molecule has 1 amide bonds. The molecule has 1 atom stereocenters. The third-order valence-corrected chi connectivity index (χ3v) is 6.76. The first-order valence-corrected chi connectivity index (χ1v) is 10.8. The number of amides is 1. The Morgan fingerprint density at radius 2 is 1.97 bits per heavy atom. The summed E-state index contributed by atoms with van der Waals surface area (Å²) in [5, 5.41) is 13.1. The van der Waals surface area contributed by atoms with Crippen LogP contribution in [0.1, 0.15) is 28.7 Å². The van der Waals surface area contributed by atoms with Crippen molar-refractivity contribution in [3.8, 4) is 17.6 Å². The third kappa shape index (κ3) is 2.38. The van der Waals surface area contributed by atoms with Crippen LogP contribution in [0.3, 0.4) is 0 Å². The Labute approximate surface area is 185 Å². The number of aryl methyl sites for hydroxylation is 1. The highest BCUT2D eigenvalue weighted by Crippen LogP contribution is 2.51. The number of ether oxygens (including phenoxy) is 2. The minimum absolute atomic E-state index is 0.258. The number of nitrogens with two attached hydrogens (primary N) is 1. The number of hydrogen-bond acceptors (Lipinski definition) is 6. The number of nitrogens with one attached hydrogen (secondary N) is 1. The lowest BCUT2D eigenvalue weighted by atomic mass is 9.71. The number of benzene rings is 2. The van der Waals surface area contributed by atoms with E-state index in [0.29, 0.717) is 37.0 Å². The van der Waals surface area contributed by atoms with Crippen molar-refractivity contribution in [2.75, 3.05) is 25.1 Å². The number of carbonyl (C=O) groups excluding carboxylic acids is 1. The summed E-state index contributed by atoms with van der Waals surface area (Å²) in [6.45, 7) is 3.81. The van der Waals surface area contributed by atoms with Gasteiger partial charge in [0.05, 0.1) is 18.8 Å². The fourth-order valence-electron chi connectivity index (χ4n) is 5.19. The first-order chi connectivity index (χ1) is 15.5. The summed E-state index contributed by atoms with van der Waals surface area (Å²) in [7, 11) is 0. The fraction of sp³-hybridized carbons (Fsp3) is 0.280. The van der Waals surface area contributed by atoms with E-state index in [2.05, 4.69) is 11.4 Å². The van der Waals surface area contributed by atoms with Crippen LogP contribution in [0.15, 0.2) is 47.8 Å². The summed E-state index contributed by atoms with van der Waals surface area (Å²) in [5.74, 6) is 1.51. The van der Waals surface area contributed by atoms with Gasteiger partial charge in [0, 0.05) is 35.5 Å². The molecule has 0 unspecified atom stereocenters. The average Bonchev–Trinajstić information content (AvgIpc) is 2.93. The smallest absolute Gasteiger partial charge is 0.244 e. The zero-order valence-corrected chi connectivity index (χ0v) is 17.7. The van der Waals surface area contributed by atoms with Crippen LogP contribution in [0.5, 0.6) is 11.5 Å². The number of fused-ring (bicyclic) bond motifs is 6. The Morgan fingerprint density at radius 1 is 1.19 bits per heavy atom. The Hall–Kier alpha value is -3.92. The Kier molecular flexibility index (Phi) is 3.84. The predicted octanol–water partition coefficient (Wildman–Crippen LogP) is 2.95. The number of nitriles is 1. The van der Waals surface area contributed by atoms with Gasteiger partial charge in [-0.2, -0.15) is 5.26 Å². The van der Waals surface area contributed by atoms with Gasteiger partial charge in [0.15, 0.2) is 11.5 Å². The summed E-state index contributed by atoms with van der Waals surface area (Å²) >= 11 is 0. The van der Waals surface area contributed by atoms with Crippen molar-refractivity contribution < 1.29 is 14.3 Å². The highest BCUT2D eigenvalue weighted by molar-refractivity contribution is 6.12. The van der Waals surface area contributed by atoms with Crippen molar-refractivity contribution in [1.82, 2.24) is 4.90 Å². The maximum absolute atomic E-state index is 13.4. The van der Waals surface area contributed by atoms with Gasteiger partial charge in [-0.05, 0) is 43.2 Å². The second kappa shape index (κ2) is 6.54. The Balaban J connectivity index is 1.61. The van der Waals surface area contributed by atoms with Crippen LogP contribution in [-0.4, -0.2) is 30.6 Å². The minimum atomic E-state index is -1.26. The van der Waals surface area contributed by atoms with Gasteiger partial charge >= 0.3 is 0 Å². The van der Waals surface area contributed by atoms with Crippen LogP contribution in [-0.2, 0) is 16.6 Å². The molecule has 3 N–H and O–H groups in total. The highest BCUT2D eigenvalue weighted by atomic mass is 16.5. The molecule has 0 bridgehead atoms. The maximum Gasteiger partial charge on any atom is 0.244 e. The molecule has 0 fully saturated rings. The van der Waals surface area contributed by atoms with Gasteiger partial charge in [0.2, 0.25) is 5.91 Å². The lowest BCUT2D eigenvalue weighted by molar-refractivity contribution is -0.118. The molecule has 4 aliphatic heterocycles. The molecule has 0 saturated carbocycles. The fourth-order valence-corrected chi connectivity index (χ4v) is 5.19. The Morgan fingerprint density at radius 3 is 2.75 bits per heavy atom. The maximum atomic E-state index is 13.4. The lowest BCUT2D eigenvalue weighted by Crippen LogP contribution is -2.45. The van der Waals surface area contributed by atoms with E-state index >= 15 is 0 Å². The molecule has 4 heterocycles. The molecule has 0 saturated heterocycles. The molecule has 7 heteroatoms. The lowest BCUT2D eigenvalue weighted by Gasteiger charge is -2.41. The molecular weight excluding hydrogens is 404 g/mol. The van der Waals surface area contributed by atoms with Gasteiger partial charge in [-0.15, -0.1) is 0 Å². The number of anilines is 1. The van der Waals surface area contributed by atoms with Gasteiger partial charge in [-0.25, -0.2) is 0 Å². The third-order valence-electron chi connectivity index (χ3n) is 6.76. The van der Waals surface area contributed by atoms with Gasteiger partial charge in [-0.1, -0.05) is 17.7 Å². The van der Waals surface area contributed by atoms with E-state index < -0.39 is 5.41 Å². The van der Waals surface area contributed by atoms with Gasteiger partial charge < -0.3 is 25.4 Å². The van der Waals surface area contributed by atoms with E-state index in [1.165, 1.54) is 0 Å². The second-order valence-corrected chi connectivity index (χ2v) is 8.62. The average molecular weight is 426 g/mol. The van der Waals surface area contributed by atoms with E-state index in [-0.39, 0.29) is 11.5 Å². The number of hydrogen-bond donors (Lipinski definition) is 2. The SMILES string of the molecule is Cc1ccc2c(c1)[C@]1(C=C3c4cc5c(cc4CCN3C(N)=C1C#N)OCCCO5)C(=O)N2. The van der Waals surface area contributed by atoms with Gasteiger partial charge in [-0.3, -0.25) is 4.79 Å². The molecule has 4 aliphatic rings. The standard InChI is InChI=1S/C25H22N4O3/c1-14-3-4-19-17(9-14)25(24(30)28-19)12-20-16-11-22-21(31-7-2-8-32-22)10-15(16)5-6-29(20)23(27)18(25)13-26/h3-4,9-12H,2,5-8,27H2,1H3,(H,28,30)/t25-/m0/s1. The van der Waals surface area contributed by atoms with E-state index in [0.717, 1.165) is 46.5 Å². The van der Waals surface area contributed by atoms with E-state index in [1.54, 1.807) is 0 Å². The summed E-state index contributed by atoms with van der Waals surface area (Å²) in [4.78, 5) is 15.4. The molecule has 6 rings (SSSR count). The quantitative estimate of drug-likeness (QED) is 0.672. The predicted molar refractivity (Wildman–Crippen MR) is 119 cm³/mol. The summed E-state index contributed by atoms with van der Waals surface area (Å²) in [5.41, 5.74) is 11.0. The molecule has 2 aromatic carbocycles. The molecule has 160 valence electrons. The monoisotopic (exact) mass is 426 g/mol. The van der Waals surface area contributed by atoms with Crippen LogP contribution in [0, 0.1) is 18.3 Å². The number of rotatable bonds is 0. The van der Waals surface area contributed by atoms with E-state index in [4.69, 9.17) is 15.2 Å². The van der Waals surface area contributed by atoms with E-state index in [9.17, 15) is 10.1 Å². The van der Waals surface area contributed by atoms with E-state index in [1.807, 2.05) is 48.2 Å². The normalized spacial score (nSPS) is 22.9. The zero-order valence-electron chi connectivity index (χ0n) is 17.7. The van der Waals surface area contributed by atoms with Crippen molar-refractivity contribution in [3.63, 3.8) is 0 Å². The van der Waals surface area contributed by atoms with Crippen molar-refractivity contribution >= 4 is 17.3 Å². The van der Waals surface area contributed by atoms with Crippen molar-refractivity contribution in [2.24, 2.45) is 5.73 Å². The van der Waals surface area contributed by atoms with Gasteiger partial charge in [0.1, 0.15) is 17.3 Å². The van der Waals surface area contributed by atoms with Crippen molar-refractivity contribution in [3.05, 3.63) is 70.1 Å². The molecule has 0 aliphatic carbocycles. The summed E-state index contributed by atoms with van der Waals surface area (Å²) in [6.07, 6.45) is 3.48. The molecule has 0 aromatic heterocycles. The zero-order chi connectivity index (χ0) is 22.0. The minimum Gasteiger partial charge on any atom is -0.490 e. The molecule has 32 heavy (non-hydrogen) atoms. The van der Waals surface area contributed by atoms with Crippen molar-refractivity contribution in [2.45, 2.75) is 25.2 Å². The van der Waals surface area contributed by atoms with Crippen LogP contribution in [0.4, 0.5) is 5.69 Å². The summed E-state index contributed by atoms with van der Waals surface area (Å²) in [6, 6.07) is 12.1. The molecule has 2 aromatic rings. The van der Waals surface area contributed by atoms with Crippen LogP contribution < -0.4 is 20.5 Å². The van der Waals surface area contributed by atoms with Crippen LogP contribution >= 0.6 is 0 Å². The topological polar surface area (TPSA) is 101 Å². The van der Waals surface area contributed by atoms with Crippen LogP contribution in [0.25, 0.3) is 5.70 Å². The largest absolute Gasteiger partial charge is 0.490 e. The van der Waals surface area contributed by atoms with Crippen LogP contribution in [0.2, 0.25) is 0 Å². The Bertz CT molecular complexity index is 1300. The molecular formula is C25H22N4O3. The van der Waals surface area contributed by atoms with Crippen molar-refractivity contribution in [1.29, 1.82) is 5.26 Å².